The molecule has 3 heteroatoms. The zero-order chi connectivity index (χ0) is 16.0. The molecule has 0 radical (unpaired) electrons. The third kappa shape index (κ3) is 2.40. The van der Waals surface area contributed by atoms with Gasteiger partial charge < -0.3 is 9.84 Å². The van der Waals surface area contributed by atoms with Gasteiger partial charge in [0.15, 0.2) is 0 Å². The summed E-state index contributed by atoms with van der Waals surface area (Å²) in [4.78, 5) is 2.70. The standard InChI is InChI=1S/C20H29NO2/c1-3-20-8-9-21(13-17-5-4-10-23-17)19(14(20)2)11-15-6-7-16(22)12-18(15)20/h6-7,12,14,17,19,22H,3-5,8-11,13H2,1-2H3/t14-,17-,19+,20+/m0/s1. The number of hydrogen-bond donors (Lipinski definition) is 1. The average molecular weight is 315 g/mol. The molecule has 2 fully saturated rings. The van der Waals surface area contributed by atoms with Crippen molar-refractivity contribution < 1.29 is 9.84 Å². The average Bonchev–Trinajstić information content (AvgIpc) is 3.05. The molecular formula is C20H29NO2. The Labute approximate surface area is 139 Å². The van der Waals surface area contributed by atoms with Crippen molar-refractivity contribution in [2.75, 3.05) is 19.7 Å². The highest BCUT2D eigenvalue weighted by molar-refractivity contribution is 5.44. The minimum absolute atomic E-state index is 0.240. The maximum absolute atomic E-state index is 10.00. The monoisotopic (exact) mass is 315 g/mol. The second kappa shape index (κ2) is 5.78. The Bertz CT molecular complexity index is 581. The topological polar surface area (TPSA) is 32.7 Å². The van der Waals surface area contributed by atoms with Gasteiger partial charge in [-0.3, -0.25) is 4.90 Å². The van der Waals surface area contributed by atoms with Gasteiger partial charge in [-0.15, -0.1) is 0 Å². The van der Waals surface area contributed by atoms with Crippen LogP contribution in [0, 0.1) is 5.92 Å². The van der Waals surface area contributed by atoms with Crippen molar-refractivity contribution in [1.82, 2.24) is 4.90 Å². The zero-order valence-electron chi connectivity index (χ0n) is 14.4. The highest BCUT2D eigenvalue weighted by Crippen LogP contribution is 2.51. The molecule has 3 nitrogen and oxygen atoms in total. The Balaban J connectivity index is 1.66. The second-order valence-electron chi connectivity index (χ2n) is 7.79. The number of phenolic OH excluding ortho intramolecular Hbond substituents is 1. The number of likely N-dealkylation sites (tertiary alicyclic amines) is 1. The van der Waals surface area contributed by atoms with E-state index in [1.807, 2.05) is 12.1 Å². The van der Waals surface area contributed by atoms with Crippen LogP contribution in [0.2, 0.25) is 0 Å². The Kier molecular flexibility index (Phi) is 3.89. The van der Waals surface area contributed by atoms with Gasteiger partial charge in [-0.2, -0.15) is 0 Å². The minimum atomic E-state index is 0.240. The van der Waals surface area contributed by atoms with Crippen LogP contribution in [0.1, 0.15) is 50.7 Å². The van der Waals surface area contributed by atoms with Crippen molar-refractivity contribution in [3.05, 3.63) is 29.3 Å². The Morgan fingerprint density at radius 3 is 3.00 bits per heavy atom. The van der Waals surface area contributed by atoms with Crippen LogP contribution in [-0.2, 0) is 16.6 Å². The lowest BCUT2D eigenvalue weighted by Crippen LogP contribution is -2.59. The number of nitrogens with zero attached hydrogens (tertiary/aromatic N) is 1. The number of fused-ring (bicyclic) bond motifs is 4. The van der Waals surface area contributed by atoms with Gasteiger partial charge in [0.25, 0.3) is 0 Å². The van der Waals surface area contributed by atoms with Crippen LogP contribution in [0.3, 0.4) is 0 Å². The number of piperidine rings is 1. The number of ether oxygens (including phenoxy) is 1. The lowest BCUT2D eigenvalue weighted by atomic mass is 9.57. The van der Waals surface area contributed by atoms with E-state index in [2.05, 4.69) is 24.8 Å². The molecule has 2 saturated heterocycles. The normalized spacial score (nSPS) is 36.9. The summed E-state index contributed by atoms with van der Waals surface area (Å²) in [5.41, 5.74) is 3.11. The lowest BCUT2D eigenvalue weighted by Gasteiger charge is -2.56. The molecule has 0 amide bonds. The van der Waals surface area contributed by atoms with Gasteiger partial charge in [-0.05, 0) is 67.8 Å². The zero-order valence-corrected chi connectivity index (χ0v) is 14.4. The third-order valence-corrected chi connectivity index (χ3v) is 6.91. The number of phenols is 1. The fourth-order valence-corrected chi connectivity index (χ4v) is 5.50. The predicted octanol–water partition coefficient (Wildman–Crippen LogP) is 3.49. The van der Waals surface area contributed by atoms with E-state index in [1.165, 1.54) is 30.4 Å². The maximum Gasteiger partial charge on any atom is 0.115 e. The van der Waals surface area contributed by atoms with Crippen LogP contribution in [0.5, 0.6) is 5.75 Å². The molecule has 2 aliphatic heterocycles. The molecule has 4 atom stereocenters. The third-order valence-electron chi connectivity index (χ3n) is 6.91. The summed E-state index contributed by atoms with van der Waals surface area (Å²) in [5, 5.41) is 10.00. The van der Waals surface area contributed by atoms with Gasteiger partial charge in [-0.25, -0.2) is 0 Å². The van der Waals surface area contributed by atoms with Crippen LogP contribution in [0.4, 0.5) is 0 Å². The number of benzene rings is 1. The van der Waals surface area contributed by atoms with Gasteiger partial charge in [0.1, 0.15) is 5.75 Å². The Morgan fingerprint density at radius 2 is 2.26 bits per heavy atom. The van der Waals surface area contributed by atoms with Crippen molar-refractivity contribution in [2.45, 2.75) is 63.5 Å². The molecular weight excluding hydrogens is 286 g/mol. The van der Waals surface area contributed by atoms with Crippen molar-refractivity contribution in [3.8, 4) is 5.75 Å². The molecule has 23 heavy (non-hydrogen) atoms. The molecule has 1 aromatic rings. The number of hydrogen-bond acceptors (Lipinski definition) is 3. The van der Waals surface area contributed by atoms with E-state index in [9.17, 15) is 5.11 Å². The van der Waals surface area contributed by atoms with Crippen molar-refractivity contribution >= 4 is 0 Å². The molecule has 1 aromatic carbocycles. The van der Waals surface area contributed by atoms with Crippen molar-refractivity contribution in [3.63, 3.8) is 0 Å². The Hall–Kier alpha value is -1.06. The smallest absolute Gasteiger partial charge is 0.115 e. The first-order valence-corrected chi connectivity index (χ1v) is 9.32. The number of rotatable bonds is 3. The minimum Gasteiger partial charge on any atom is -0.508 e. The Morgan fingerprint density at radius 1 is 1.39 bits per heavy atom. The molecule has 0 unspecified atom stereocenters. The second-order valence-corrected chi connectivity index (χ2v) is 7.79. The van der Waals surface area contributed by atoms with E-state index < -0.39 is 0 Å². The molecule has 3 aliphatic rings. The first kappa shape index (κ1) is 15.5. The molecule has 2 bridgehead atoms. The summed E-state index contributed by atoms with van der Waals surface area (Å²) in [7, 11) is 0. The largest absolute Gasteiger partial charge is 0.508 e. The molecule has 2 heterocycles. The van der Waals surface area contributed by atoms with E-state index in [0.717, 1.165) is 32.5 Å². The quantitative estimate of drug-likeness (QED) is 0.927. The SMILES string of the molecule is CC[C@]12CCN(C[C@@H]3CCCO3)[C@H](Cc3ccc(O)cc31)[C@@H]2C. The van der Waals surface area contributed by atoms with Crippen molar-refractivity contribution in [2.24, 2.45) is 5.92 Å². The van der Waals surface area contributed by atoms with E-state index in [0.29, 0.717) is 23.8 Å². The first-order chi connectivity index (χ1) is 11.1. The fraction of sp³-hybridized carbons (Fsp3) is 0.700. The van der Waals surface area contributed by atoms with Gasteiger partial charge in [0.05, 0.1) is 6.10 Å². The highest BCUT2D eigenvalue weighted by atomic mass is 16.5. The van der Waals surface area contributed by atoms with Gasteiger partial charge in [0.2, 0.25) is 0 Å². The molecule has 0 saturated carbocycles. The molecule has 0 aromatic heterocycles. The fourth-order valence-electron chi connectivity index (χ4n) is 5.50. The van der Waals surface area contributed by atoms with Gasteiger partial charge >= 0.3 is 0 Å². The van der Waals surface area contributed by atoms with E-state index in [4.69, 9.17) is 4.74 Å². The van der Waals surface area contributed by atoms with E-state index in [1.54, 1.807) is 0 Å². The van der Waals surface area contributed by atoms with E-state index >= 15 is 0 Å². The van der Waals surface area contributed by atoms with Crippen LogP contribution < -0.4 is 0 Å². The number of aromatic hydroxyl groups is 1. The molecule has 4 rings (SSSR count). The maximum atomic E-state index is 10.00. The molecule has 0 spiro atoms. The summed E-state index contributed by atoms with van der Waals surface area (Å²) in [6, 6.07) is 6.67. The molecule has 1 N–H and O–H groups in total. The van der Waals surface area contributed by atoms with Gasteiger partial charge in [-0.1, -0.05) is 19.9 Å². The summed E-state index contributed by atoms with van der Waals surface area (Å²) < 4.78 is 5.89. The van der Waals surface area contributed by atoms with Crippen LogP contribution in [-0.4, -0.2) is 41.8 Å². The van der Waals surface area contributed by atoms with Crippen LogP contribution in [0.15, 0.2) is 18.2 Å². The van der Waals surface area contributed by atoms with Crippen LogP contribution >= 0.6 is 0 Å². The molecule has 1 aliphatic carbocycles. The lowest BCUT2D eigenvalue weighted by molar-refractivity contribution is -0.0131. The molecule has 126 valence electrons. The summed E-state index contributed by atoms with van der Waals surface area (Å²) in [6.45, 7) is 7.96. The summed E-state index contributed by atoms with van der Waals surface area (Å²) >= 11 is 0. The highest BCUT2D eigenvalue weighted by Gasteiger charge is 2.50. The summed E-state index contributed by atoms with van der Waals surface area (Å²) in [5.74, 6) is 1.06. The predicted molar refractivity (Wildman–Crippen MR) is 91.9 cm³/mol. The van der Waals surface area contributed by atoms with Gasteiger partial charge in [0, 0.05) is 24.6 Å². The van der Waals surface area contributed by atoms with E-state index in [-0.39, 0.29) is 5.41 Å². The summed E-state index contributed by atoms with van der Waals surface area (Å²) in [6.07, 6.45) is 6.36. The first-order valence-electron chi connectivity index (χ1n) is 9.32. The van der Waals surface area contributed by atoms with Crippen molar-refractivity contribution in [1.29, 1.82) is 0 Å². The van der Waals surface area contributed by atoms with Crippen LogP contribution in [0.25, 0.3) is 0 Å².